The molecule has 0 bridgehead atoms. The molecule has 3 unspecified atom stereocenters. The van der Waals surface area contributed by atoms with Gasteiger partial charge in [0.1, 0.15) is 11.6 Å². The highest BCUT2D eigenvalue weighted by atomic mass is 32.2. The van der Waals surface area contributed by atoms with Gasteiger partial charge in [-0.3, -0.25) is 0 Å². The van der Waals surface area contributed by atoms with Crippen molar-refractivity contribution < 1.29 is 31.5 Å². The van der Waals surface area contributed by atoms with Crippen LogP contribution < -0.4 is 10.6 Å². The van der Waals surface area contributed by atoms with Crippen LogP contribution >= 0.6 is 11.8 Å². The predicted molar refractivity (Wildman–Crippen MR) is 126 cm³/mol. The second kappa shape index (κ2) is 11.1. The molecule has 2 aromatic carbocycles. The van der Waals surface area contributed by atoms with Crippen LogP contribution in [0.3, 0.4) is 0 Å². The number of benzene rings is 2. The average molecular weight is 529 g/mol. The van der Waals surface area contributed by atoms with E-state index in [0.717, 1.165) is 35.6 Å². The molecule has 0 saturated heterocycles. The lowest BCUT2D eigenvalue weighted by atomic mass is 9.97. The van der Waals surface area contributed by atoms with Gasteiger partial charge in [-0.15, -0.1) is 5.10 Å². The highest BCUT2D eigenvalue weighted by molar-refractivity contribution is 7.98. The van der Waals surface area contributed by atoms with E-state index in [9.17, 15) is 27.1 Å². The van der Waals surface area contributed by atoms with Crippen molar-refractivity contribution in [2.24, 2.45) is 0 Å². The van der Waals surface area contributed by atoms with Crippen molar-refractivity contribution in [3.05, 3.63) is 76.2 Å². The molecular formula is C24H25F5N4O2S. The molecule has 36 heavy (non-hydrogen) atoms. The normalized spacial score (nSPS) is 17.5. The Labute approximate surface area is 208 Å². The summed E-state index contributed by atoms with van der Waals surface area (Å²) >= 11 is 1.75. The number of aliphatic hydroxyl groups excluding tert-OH is 1. The molecule has 0 spiro atoms. The molecule has 194 valence electrons. The van der Waals surface area contributed by atoms with E-state index in [-0.39, 0.29) is 24.6 Å². The van der Waals surface area contributed by atoms with E-state index in [1.165, 1.54) is 11.1 Å². The lowest BCUT2D eigenvalue weighted by molar-refractivity contribution is -0.156. The van der Waals surface area contributed by atoms with Crippen LogP contribution in [0.2, 0.25) is 0 Å². The number of alkyl halides is 3. The molecule has 3 N–H and O–H groups in total. The predicted octanol–water partition coefficient (Wildman–Crippen LogP) is 4.89. The van der Waals surface area contributed by atoms with Crippen LogP contribution in [0.1, 0.15) is 41.1 Å². The molecule has 1 aromatic heterocycles. The molecule has 3 aromatic rings. The Hall–Kier alpha value is -2.70. The minimum absolute atomic E-state index is 0.0487. The van der Waals surface area contributed by atoms with Gasteiger partial charge in [0.05, 0.1) is 12.1 Å². The molecule has 6 nitrogen and oxygen atoms in total. The topological polar surface area (TPSA) is 83.2 Å². The number of halogens is 5. The van der Waals surface area contributed by atoms with Crippen molar-refractivity contribution in [1.82, 2.24) is 15.5 Å². The van der Waals surface area contributed by atoms with Crippen LogP contribution in [0.15, 0.2) is 40.8 Å². The Morgan fingerprint density at radius 2 is 1.86 bits per heavy atom. The summed E-state index contributed by atoms with van der Waals surface area (Å²) in [6.07, 6.45) is -5.24. The highest BCUT2D eigenvalue weighted by Crippen LogP contribution is 2.33. The molecule has 1 aliphatic heterocycles. The number of nitrogens with one attached hydrogen (secondary N) is 2. The molecule has 0 radical (unpaired) electrons. The summed E-state index contributed by atoms with van der Waals surface area (Å²) < 4.78 is 70.7. The second-order valence-corrected chi connectivity index (χ2v) is 9.60. The van der Waals surface area contributed by atoms with Crippen molar-refractivity contribution in [3.63, 3.8) is 0 Å². The number of hydrogen-bond donors (Lipinski definition) is 3. The Morgan fingerprint density at radius 1 is 1.11 bits per heavy atom. The summed E-state index contributed by atoms with van der Waals surface area (Å²) in [5.74, 6) is -1.50. The lowest BCUT2D eigenvalue weighted by Crippen LogP contribution is -2.44. The monoisotopic (exact) mass is 528 g/mol. The Kier molecular flexibility index (Phi) is 8.16. The van der Waals surface area contributed by atoms with Gasteiger partial charge in [-0.05, 0) is 47.2 Å². The lowest BCUT2D eigenvalue weighted by Gasteiger charge is -2.30. The highest BCUT2D eigenvalue weighted by Gasteiger charge is 2.38. The van der Waals surface area contributed by atoms with Gasteiger partial charge in [0.2, 0.25) is 0 Å². The van der Waals surface area contributed by atoms with Gasteiger partial charge in [0.25, 0.3) is 0 Å². The summed E-state index contributed by atoms with van der Waals surface area (Å²) in [5, 5.41) is 23.2. The maximum Gasteiger partial charge on any atom is 0.470 e. The molecule has 12 heteroatoms. The molecule has 4 rings (SSSR count). The Balaban J connectivity index is 1.51. The number of rotatable bonds is 9. The van der Waals surface area contributed by atoms with Crippen LogP contribution in [0, 0.1) is 11.6 Å². The number of hydrogen-bond acceptors (Lipinski definition) is 7. The average Bonchev–Trinajstić information content (AvgIpc) is 3.30. The van der Waals surface area contributed by atoms with Gasteiger partial charge in [0, 0.05) is 30.2 Å². The van der Waals surface area contributed by atoms with Crippen molar-refractivity contribution in [1.29, 1.82) is 0 Å². The smallest absolute Gasteiger partial charge is 0.399 e. The maximum absolute atomic E-state index is 13.7. The second-order valence-electron chi connectivity index (χ2n) is 8.57. The van der Waals surface area contributed by atoms with Crippen LogP contribution in [0.4, 0.5) is 28.0 Å². The zero-order valence-corrected chi connectivity index (χ0v) is 20.1. The number of thioether (sulfide) groups is 1. The van der Waals surface area contributed by atoms with E-state index in [1.54, 1.807) is 11.8 Å². The fraction of sp³-hybridized carbons (Fsp3) is 0.417. The van der Waals surface area contributed by atoms with Crippen molar-refractivity contribution in [3.8, 4) is 0 Å². The van der Waals surface area contributed by atoms with Gasteiger partial charge in [-0.2, -0.15) is 24.9 Å². The van der Waals surface area contributed by atoms with E-state index in [2.05, 4.69) is 50.4 Å². The minimum atomic E-state index is -4.84. The number of fused-ring (bicyclic) bond motifs is 1. The summed E-state index contributed by atoms with van der Waals surface area (Å²) in [6, 6.07) is 7.62. The van der Waals surface area contributed by atoms with Crippen molar-refractivity contribution in [2.75, 3.05) is 17.6 Å². The first-order valence-electron chi connectivity index (χ1n) is 11.4. The number of aromatic nitrogens is 2. The summed E-state index contributed by atoms with van der Waals surface area (Å²) in [7, 11) is 0. The van der Waals surface area contributed by atoms with Crippen molar-refractivity contribution >= 4 is 17.8 Å². The first-order chi connectivity index (χ1) is 17.1. The van der Waals surface area contributed by atoms with Gasteiger partial charge in [-0.25, -0.2) is 8.78 Å². The van der Waals surface area contributed by atoms with Gasteiger partial charge >= 0.3 is 18.1 Å². The largest absolute Gasteiger partial charge is 0.470 e. The Bertz CT molecular complexity index is 1170. The summed E-state index contributed by atoms with van der Waals surface area (Å²) in [4.78, 5) is 0. The standard InChI is InChI=1S/C24H25F5N4O2S/c1-2-13-3-4-15-11-36-12-20(18(15)7-13)30-10-21(34)19(8-14-5-16(25)9-17(26)6-14)31-23-33-32-22(35-23)24(27,28)29/h3-7,9,19-21,30,34H,2,8,10-12H2,1H3,(H,31,33). The first kappa shape index (κ1) is 26.4. The van der Waals surface area contributed by atoms with E-state index in [4.69, 9.17) is 0 Å². The van der Waals surface area contributed by atoms with Gasteiger partial charge < -0.3 is 20.2 Å². The van der Waals surface area contributed by atoms with E-state index in [1.807, 2.05) is 0 Å². The summed E-state index contributed by atoms with van der Waals surface area (Å²) in [6.45, 7) is 2.12. The van der Waals surface area contributed by atoms with E-state index in [0.29, 0.717) is 6.07 Å². The third kappa shape index (κ3) is 6.54. The minimum Gasteiger partial charge on any atom is -0.399 e. The third-order valence-corrected chi connectivity index (χ3v) is 7.01. The molecule has 0 aliphatic carbocycles. The number of aliphatic hydroxyl groups is 1. The zero-order valence-electron chi connectivity index (χ0n) is 19.3. The quantitative estimate of drug-likeness (QED) is 0.341. The van der Waals surface area contributed by atoms with Crippen LogP contribution in [-0.2, 0) is 24.8 Å². The number of aryl methyl sites for hydroxylation is 1. The summed E-state index contributed by atoms with van der Waals surface area (Å²) in [5.41, 5.74) is 3.73. The first-order valence-corrected chi connectivity index (χ1v) is 12.5. The van der Waals surface area contributed by atoms with Gasteiger partial charge in [-0.1, -0.05) is 30.2 Å². The fourth-order valence-corrected chi connectivity index (χ4v) is 5.23. The SMILES string of the molecule is CCc1ccc2c(c1)C(NCC(O)C(Cc1cc(F)cc(F)c1)Nc1nnc(C(F)(F)F)o1)CSC2. The van der Waals surface area contributed by atoms with Gasteiger partial charge in [0.15, 0.2) is 0 Å². The third-order valence-electron chi connectivity index (χ3n) is 5.93. The number of nitrogens with zero attached hydrogens (tertiary/aromatic N) is 2. The zero-order chi connectivity index (χ0) is 25.9. The van der Waals surface area contributed by atoms with Crippen molar-refractivity contribution in [2.45, 2.75) is 49.9 Å². The fourth-order valence-electron chi connectivity index (χ4n) is 4.09. The van der Waals surface area contributed by atoms with E-state index < -0.39 is 41.9 Å². The molecular weight excluding hydrogens is 503 g/mol. The van der Waals surface area contributed by atoms with Crippen LogP contribution in [0.5, 0.6) is 0 Å². The molecule has 3 atom stereocenters. The number of anilines is 1. The molecule has 2 heterocycles. The molecule has 0 fully saturated rings. The van der Waals surface area contributed by atoms with Crippen LogP contribution in [-0.4, -0.2) is 39.7 Å². The van der Waals surface area contributed by atoms with E-state index >= 15 is 0 Å². The Morgan fingerprint density at radius 3 is 2.53 bits per heavy atom. The maximum atomic E-state index is 13.7. The molecule has 1 aliphatic rings. The van der Waals surface area contributed by atoms with Crippen LogP contribution in [0.25, 0.3) is 0 Å². The molecule has 0 saturated carbocycles. The molecule has 0 amide bonds.